The number of carbonyl (C=O) groups excluding carboxylic acids is 1. The highest BCUT2D eigenvalue weighted by Gasteiger charge is 2.24. The molecule has 11 nitrogen and oxygen atoms in total. The minimum Gasteiger partial charge on any atom is -0.490 e. The Hall–Kier alpha value is -4.28. The maximum Gasteiger partial charge on any atom is 0.411 e. The molecule has 0 aliphatic rings. The summed E-state index contributed by atoms with van der Waals surface area (Å²) in [5.74, 6) is 0.468. The summed E-state index contributed by atoms with van der Waals surface area (Å²) in [6.45, 7) is 1.78. The van der Waals surface area contributed by atoms with E-state index in [2.05, 4.69) is 15.0 Å². The van der Waals surface area contributed by atoms with Gasteiger partial charge in [-0.25, -0.2) is 19.7 Å². The summed E-state index contributed by atoms with van der Waals surface area (Å²) >= 11 is 0. The van der Waals surface area contributed by atoms with Crippen LogP contribution in [-0.2, 0) is 6.61 Å². The van der Waals surface area contributed by atoms with Crippen molar-refractivity contribution in [3.8, 4) is 28.8 Å². The van der Waals surface area contributed by atoms with Crippen LogP contribution in [0.25, 0.3) is 11.4 Å². The summed E-state index contributed by atoms with van der Waals surface area (Å²) in [5.41, 5.74) is 6.23. The van der Waals surface area contributed by atoms with Crippen molar-refractivity contribution in [2.75, 3.05) is 7.11 Å². The van der Waals surface area contributed by atoms with Crippen molar-refractivity contribution >= 4 is 11.8 Å². The molecule has 0 bridgehead atoms. The summed E-state index contributed by atoms with van der Waals surface area (Å²) in [5, 5.41) is 11.5. The molecule has 0 aliphatic heterocycles. The van der Waals surface area contributed by atoms with E-state index >= 15 is 0 Å². The summed E-state index contributed by atoms with van der Waals surface area (Å²) in [6, 6.07) is 7.47. The predicted octanol–water partition coefficient (Wildman–Crippen LogP) is 2.80. The number of aryl methyl sites for hydroxylation is 1. The fraction of sp³-hybridized carbons (Fsp3) is 0.158. The van der Waals surface area contributed by atoms with Gasteiger partial charge in [0.2, 0.25) is 11.6 Å². The zero-order chi connectivity index (χ0) is 21.7. The van der Waals surface area contributed by atoms with Crippen molar-refractivity contribution < 1.29 is 23.9 Å². The number of amides is 1. The van der Waals surface area contributed by atoms with Gasteiger partial charge in [0.15, 0.2) is 5.82 Å². The lowest BCUT2D eigenvalue weighted by Gasteiger charge is -2.12. The molecule has 3 rings (SSSR count). The van der Waals surface area contributed by atoms with Crippen LogP contribution in [0.1, 0.15) is 11.3 Å². The van der Waals surface area contributed by atoms with Crippen molar-refractivity contribution in [1.29, 1.82) is 0 Å². The first-order chi connectivity index (χ1) is 14.4. The van der Waals surface area contributed by atoms with Gasteiger partial charge in [0.25, 0.3) is 0 Å². The number of primary amides is 1. The maximum absolute atomic E-state index is 11.5. The highest BCUT2D eigenvalue weighted by atomic mass is 16.6. The molecule has 0 unspecified atom stereocenters. The van der Waals surface area contributed by atoms with Crippen LogP contribution >= 0.6 is 0 Å². The SMILES string of the molecule is COc1c(-c2ncc(C)cn2)cc(OCc2cccc(OC(N)=O)n2)cc1[N+](=O)[O-]. The molecule has 30 heavy (non-hydrogen) atoms. The van der Waals surface area contributed by atoms with Crippen LogP contribution in [0.2, 0.25) is 0 Å². The Morgan fingerprint density at radius 1 is 1.23 bits per heavy atom. The number of nitro groups is 1. The van der Waals surface area contributed by atoms with E-state index < -0.39 is 11.0 Å². The van der Waals surface area contributed by atoms with Gasteiger partial charge in [0, 0.05) is 18.5 Å². The van der Waals surface area contributed by atoms with Gasteiger partial charge in [-0.2, -0.15) is 0 Å². The molecule has 1 amide bonds. The normalized spacial score (nSPS) is 10.3. The van der Waals surface area contributed by atoms with Crippen molar-refractivity contribution in [3.05, 3.63) is 64.1 Å². The molecule has 0 atom stereocenters. The highest BCUT2D eigenvalue weighted by Crippen LogP contribution is 2.40. The Kier molecular flexibility index (Phi) is 6.01. The third kappa shape index (κ3) is 4.76. The van der Waals surface area contributed by atoms with Crippen molar-refractivity contribution in [2.24, 2.45) is 5.73 Å². The summed E-state index contributed by atoms with van der Waals surface area (Å²) < 4.78 is 15.6. The molecule has 0 aliphatic carbocycles. The molecular formula is C19H17N5O6. The molecule has 0 spiro atoms. The Bertz CT molecular complexity index is 1090. The second-order valence-corrected chi connectivity index (χ2v) is 6.04. The van der Waals surface area contributed by atoms with E-state index in [0.29, 0.717) is 11.3 Å². The summed E-state index contributed by atoms with van der Waals surface area (Å²) in [6.07, 6.45) is 2.19. The lowest BCUT2D eigenvalue weighted by Crippen LogP contribution is -2.17. The maximum atomic E-state index is 11.5. The Morgan fingerprint density at radius 3 is 2.60 bits per heavy atom. The van der Waals surface area contributed by atoms with Gasteiger partial charge in [-0.3, -0.25) is 10.1 Å². The third-order valence-corrected chi connectivity index (χ3v) is 3.84. The highest BCUT2D eigenvalue weighted by molar-refractivity contribution is 5.73. The van der Waals surface area contributed by atoms with Crippen LogP contribution in [0, 0.1) is 17.0 Å². The molecule has 154 valence electrons. The Morgan fingerprint density at radius 2 is 1.97 bits per heavy atom. The second kappa shape index (κ2) is 8.82. The fourth-order valence-corrected chi connectivity index (χ4v) is 2.57. The summed E-state index contributed by atoms with van der Waals surface area (Å²) in [7, 11) is 1.33. The summed E-state index contributed by atoms with van der Waals surface area (Å²) in [4.78, 5) is 34.3. The van der Waals surface area contributed by atoms with Gasteiger partial charge < -0.3 is 19.9 Å². The van der Waals surface area contributed by atoms with E-state index in [1.807, 2.05) is 6.92 Å². The van der Waals surface area contributed by atoms with Crippen LogP contribution in [-0.4, -0.2) is 33.1 Å². The number of hydrogen-bond donors (Lipinski definition) is 1. The van der Waals surface area contributed by atoms with Crippen molar-refractivity contribution in [3.63, 3.8) is 0 Å². The molecular weight excluding hydrogens is 394 g/mol. The number of benzene rings is 1. The van der Waals surface area contributed by atoms with Crippen molar-refractivity contribution in [2.45, 2.75) is 13.5 Å². The zero-order valence-corrected chi connectivity index (χ0v) is 16.1. The van der Waals surface area contributed by atoms with Gasteiger partial charge in [-0.15, -0.1) is 0 Å². The van der Waals surface area contributed by atoms with E-state index in [1.165, 1.54) is 19.2 Å². The quantitative estimate of drug-likeness (QED) is 0.456. The number of methoxy groups -OCH3 is 1. The number of nitrogens with zero attached hydrogens (tertiary/aromatic N) is 4. The van der Waals surface area contributed by atoms with Crippen LogP contribution in [0.4, 0.5) is 10.5 Å². The van der Waals surface area contributed by atoms with Crippen LogP contribution in [0.5, 0.6) is 17.4 Å². The first-order valence-electron chi connectivity index (χ1n) is 8.59. The molecule has 0 saturated heterocycles. The zero-order valence-electron chi connectivity index (χ0n) is 16.1. The molecule has 2 N–H and O–H groups in total. The number of hydrogen-bond acceptors (Lipinski definition) is 9. The predicted molar refractivity (Wildman–Crippen MR) is 104 cm³/mol. The smallest absolute Gasteiger partial charge is 0.411 e. The van der Waals surface area contributed by atoms with Gasteiger partial charge in [0.05, 0.1) is 29.4 Å². The minimum absolute atomic E-state index is 0.0121. The molecule has 0 saturated carbocycles. The van der Waals surface area contributed by atoms with Crippen LogP contribution < -0.4 is 19.9 Å². The fourth-order valence-electron chi connectivity index (χ4n) is 2.57. The standard InChI is InChI=1S/C19H17N5O6/c1-11-8-21-18(22-9-11)14-6-13(7-15(24(26)27)17(14)28-2)29-10-12-4-3-5-16(23-12)30-19(20)25/h3-9H,10H2,1-2H3,(H2,20,25). The monoisotopic (exact) mass is 411 g/mol. The van der Waals surface area contributed by atoms with E-state index in [1.54, 1.807) is 30.6 Å². The van der Waals surface area contributed by atoms with Crippen LogP contribution in [0.15, 0.2) is 42.7 Å². The number of nitrogens with two attached hydrogens (primary N) is 1. The number of carbonyl (C=O) groups is 1. The molecule has 2 aromatic heterocycles. The van der Waals surface area contributed by atoms with Crippen molar-refractivity contribution in [1.82, 2.24) is 15.0 Å². The number of rotatable bonds is 7. The molecule has 0 radical (unpaired) electrons. The molecule has 11 heteroatoms. The van der Waals surface area contributed by atoms with E-state index in [9.17, 15) is 14.9 Å². The van der Waals surface area contributed by atoms with E-state index in [4.69, 9.17) is 19.9 Å². The number of pyridine rings is 1. The van der Waals surface area contributed by atoms with Gasteiger partial charge >= 0.3 is 11.8 Å². The van der Waals surface area contributed by atoms with Gasteiger partial charge in [-0.05, 0) is 24.6 Å². The Balaban J connectivity index is 1.94. The number of aromatic nitrogens is 3. The average molecular weight is 411 g/mol. The van der Waals surface area contributed by atoms with Crippen LogP contribution in [0.3, 0.4) is 0 Å². The molecule has 1 aromatic carbocycles. The second-order valence-electron chi connectivity index (χ2n) is 6.04. The molecule has 0 fully saturated rings. The first-order valence-corrected chi connectivity index (χ1v) is 8.59. The Labute approximate surface area is 170 Å². The van der Waals surface area contributed by atoms with E-state index in [-0.39, 0.29) is 35.5 Å². The topological polar surface area (TPSA) is 153 Å². The first kappa shape index (κ1) is 20.5. The average Bonchev–Trinajstić information content (AvgIpc) is 2.72. The minimum atomic E-state index is -0.992. The molecule has 3 aromatic rings. The lowest BCUT2D eigenvalue weighted by molar-refractivity contribution is -0.385. The van der Waals surface area contributed by atoms with E-state index in [0.717, 1.165) is 5.56 Å². The third-order valence-electron chi connectivity index (χ3n) is 3.84. The van der Waals surface area contributed by atoms with Gasteiger partial charge in [-0.1, -0.05) is 6.07 Å². The number of ether oxygens (including phenoxy) is 3. The molecule has 2 heterocycles. The lowest BCUT2D eigenvalue weighted by atomic mass is 10.1. The van der Waals surface area contributed by atoms with Gasteiger partial charge in [0.1, 0.15) is 12.4 Å². The largest absolute Gasteiger partial charge is 0.490 e. The number of nitro benzene ring substituents is 1.